The maximum Gasteiger partial charge on any atom is 0.237 e. The summed E-state index contributed by atoms with van der Waals surface area (Å²) in [6, 6.07) is 9.13. The van der Waals surface area contributed by atoms with Crippen LogP contribution in [0.4, 0.5) is 0 Å². The van der Waals surface area contributed by atoms with Gasteiger partial charge in [-0.15, -0.1) is 12.4 Å². The van der Waals surface area contributed by atoms with Crippen LogP contribution >= 0.6 is 12.4 Å². The molecule has 0 saturated heterocycles. The lowest BCUT2D eigenvalue weighted by Gasteiger charge is -2.13. The third-order valence-corrected chi connectivity index (χ3v) is 2.74. The van der Waals surface area contributed by atoms with Crippen LogP contribution in [0.1, 0.15) is 25.8 Å². The third kappa shape index (κ3) is 8.32. The van der Waals surface area contributed by atoms with Gasteiger partial charge in [0.05, 0.1) is 6.04 Å². The summed E-state index contributed by atoms with van der Waals surface area (Å²) in [4.78, 5) is 23.2. The van der Waals surface area contributed by atoms with Crippen molar-refractivity contribution in [1.82, 2.24) is 10.6 Å². The first kappa shape index (κ1) is 19.4. The molecule has 1 aromatic rings. The second-order valence-corrected chi connectivity index (χ2v) is 5.06. The Hall–Kier alpha value is -1.59. The minimum Gasteiger partial charge on any atom is -0.354 e. The lowest BCUT2D eigenvalue weighted by molar-refractivity contribution is -0.123. The summed E-state index contributed by atoms with van der Waals surface area (Å²) in [5.41, 5.74) is 6.86. The van der Waals surface area contributed by atoms with Crippen molar-refractivity contribution in [3.8, 4) is 0 Å². The van der Waals surface area contributed by atoms with Crippen molar-refractivity contribution < 1.29 is 9.59 Å². The van der Waals surface area contributed by atoms with Crippen molar-refractivity contribution in [2.24, 2.45) is 5.73 Å². The first-order valence-electron chi connectivity index (χ1n) is 6.85. The van der Waals surface area contributed by atoms with Crippen molar-refractivity contribution in [2.75, 3.05) is 6.54 Å². The average Bonchev–Trinajstić information content (AvgIpc) is 2.38. The molecule has 1 rings (SSSR count). The molecule has 0 unspecified atom stereocenters. The summed E-state index contributed by atoms with van der Waals surface area (Å²) in [6.07, 6.45) is 0.757. The Kier molecular flexibility index (Phi) is 9.41. The van der Waals surface area contributed by atoms with Gasteiger partial charge in [0.25, 0.3) is 0 Å². The van der Waals surface area contributed by atoms with Crippen molar-refractivity contribution in [2.45, 2.75) is 38.8 Å². The summed E-state index contributed by atoms with van der Waals surface area (Å²) >= 11 is 0. The van der Waals surface area contributed by atoms with Gasteiger partial charge in [0, 0.05) is 19.0 Å². The molecule has 0 aromatic heterocycles. The highest BCUT2D eigenvalue weighted by Gasteiger charge is 2.14. The quantitative estimate of drug-likeness (QED) is 0.702. The van der Waals surface area contributed by atoms with Crippen LogP contribution in [0.5, 0.6) is 0 Å². The van der Waals surface area contributed by atoms with E-state index in [1.165, 1.54) is 0 Å². The van der Waals surface area contributed by atoms with Crippen molar-refractivity contribution in [1.29, 1.82) is 0 Å². The van der Waals surface area contributed by atoms with Crippen LogP contribution in [0.2, 0.25) is 0 Å². The molecule has 1 atom stereocenters. The second kappa shape index (κ2) is 10.2. The van der Waals surface area contributed by atoms with Crippen LogP contribution in [0, 0.1) is 0 Å². The van der Waals surface area contributed by atoms with Gasteiger partial charge in [0.15, 0.2) is 0 Å². The van der Waals surface area contributed by atoms with Crippen LogP contribution in [0.25, 0.3) is 0 Å². The van der Waals surface area contributed by atoms with Crippen molar-refractivity contribution >= 4 is 24.2 Å². The Balaban J connectivity index is 0.00000400. The van der Waals surface area contributed by atoms with Gasteiger partial charge in [-0.2, -0.15) is 0 Å². The summed E-state index contributed by atoms with van der Waals surface area (Å²) in [7, 11) is 0. The van der Waals surface area contributed by atoms with Gasteiger partial charge in [-0.1, -0.05) is 30.3 Å². The molecule has 0 aliphatic heterocycles. The van der Waals surface area contributed by atoms with E-state index >= 15 is 0 Å². The van der Waals surface area contributed by atoms with E-state index in [4.69, 9.17) is 5.73 Å². The van der Waals surface area contributed by atoms with Crippen molar-refractivity contribution in [3.63, 3.8) is 0 Å². The monoisotopic (exact) mass is 313 g/mol. The number of amides is 2. The molecule has 0 spiro atoms. The molecule has 1 aromatic carbocycles. The number of nitrogens with two attached hydrogens (primary N) is 1. The normalized spacial score (nSPS) is 11.4. The SMILES string of the molecule is CC(C)NC(=O)CCNC(=O)[C@@H](N)Cc1ccccc1.Cl. The number of hydrogen-bond acceptors (Lipinski definition) is 3. The number of halogens is 1. The average molecular weight is 314 g/mol. The largest absolute Gasteiger partial charge is 0.354 e. The van der Waals surface area contributed by atoms with Gasteiger partial charge in [0.1, 0.15) is 0 Å². The second-order valence-electron chi connectivity index (χ2n) is 5.06. The molecular weight excluding hydrogens is 290 g/mol. The number of carbonyl (C=O) groups excluding carboxylic acids is 2. The fourth-order valence-electron chi connectivity index (χ4n) is 1.79. The van der Waals surface area contributed by atoms with E-state index in [0.29, 0.717) is 13.0 Å². The van der Waals surface area contributed by atoms with E-state index in [0.717, 1.165) is 5.56 Å². The maximum absolute atomic E-state index is 11.8. The van der Waals surface area contributed by atoms with Gasteiger partial charge in [-0.3, -0.25) is 9.59 Å². The first-order valence-corrected chi connectivity index (χ1v) is 6.85. The zero-order valence-corrected chi connectivity index (χ0v) is 13.3. The number of rotatable bonds is 7. The van der Waals surface area contributed by atoms with E-state index in [9.17, 15) is 9.59 Å². The number of hydrogen-bond donors (Lipinski definition) is 3. The van der Waals surface area contributed by atoms with E-state index in [2.05, 4.69) is 10.6 Å². The van der Waals surface area contributed by atoms with Crippen LogP contribution in [-0.2, 0) is 16.0 Å². The maximum atomic E-state index is 11.8. The van der Waals surface area contributed by atoms with Crippen LogP contribution in [0.3, 0.4) is 0 Å². The fraction of sp³-hybridized carbons (Fsp3) is 0.467. The van der Waals surface area contributed by atoms with Gasteiger partial charge < -0.3 is 16.4 Å². The molecule has 0 bridgehead atoms. The summed E-state index contributed by atoms with van der Waals surface area (Å²) < 4.78 is 0. The Bertz CT molecular complexity index is 438. The Labute approximate surface area is 132 Å². The minimum absolute atomic E-state index is 0. The Morgan fingerprint density at radius 1 is 1.19 bits per heavy atom. The smallest absolute Gasteiger partial charge is 0.237 e. The van der Waals surface area contributed by atoms with Crippen molar-refractivity contribution in [3.05, 3.63) is 35.9 Å². The third-order valence-electron chi connectivity index (χ3n) is 2.74. The van der Waals surface area contributed by atoms with E-state index < -0.39 is 6.04 Å². The molecule has 0 aliphatic carbocycles. The first-order chi connectivity index (χ1) is 9.49. The topological polar surface area (TPSA) is 84.2 Å². The molecule has 118 valence electrons. The molecule has 0 radical (unpaired) electrons. The molecule has 0 saturated carbocycles. The lowest BCUT2D eigenvalue weighted by Crippen LogP contribution is -2.43. The van der Waals surface area contributed by atoms with Gasteiger partial charge >= 0.3 is 0 Å². The standard InChI is InChI=1S/C15H23N3O2.ClH/c1-11(2)18-14(19)8-9-17-15(20)13(16)10-12-6-4-3-5-7-12;/h3-7,11,13H,8-10,16H2,1-2H3,(H,17,20)(H,18,19);1H/t13-;/m0./s1. The van der Waals surface area contributed by atoms with E-state index in [-0.39, 0.29) is 36.7 Å². The van der Waals surface area contributed by atoms with Gasteiger partial charge in [-0.25, -0.2) is 0 Å². The molecule has 0 fully saturated rings. The molecule has 4 N–H and O–H groups in total. The summed E-state index contributed by atoms with van der Waals surface area (Å²) in [5.74, 6) is -0.303. The molecule has 6 heteroatoms. The van der Waals surface area contributed by atoms with Crippen LogP contribution in [0.15, 0.2) is 30.3 Å². The Morgan fingerprint density at radius 2 is 1.81 bits per heavy atom. The minimum atomic E-state index is -0.592. The van der Waals surface area contributed by atoms with Crippen LogP contribution in [-0.4, -0.2) is 30.4 Å². The molecule has 0 aliphatic rings. The number of nitrogens with one attached hydrogen (secondary N) is 2. The number of carbonyl (C=O) groups is 2. The van der Waals surface area contributed by atoms with Gasteiger partial charge in [0.2, 0.25) is 11.8 Å². The highest BCUT2D eigenvalue weighted by Crippen LogP contribution is 2.01. The molecule has 0 heterocycles. The predicted molar refractivity (Wildman–Crippen MR) is 86.3 cm³/mol. The Morgan fingerprint density at radius 3 is 2.38 bits per heavy atom. The highest BCUT2D eigenvalue weighted by atomic mass is 35.5. The van der Waals surface area contributed by atoms with E-state index in [1.807, 2.05) is 44.2 Å². The highest BCUT2D eigenvalue weighted by molar-refractivity contribution is 5.85. The summed E-state index contributed by atoms with van der Waals surface area (Å²) in [5, 5.41) is 5.45. The molecule has 2 amide bonds. The van der Waals surface area contributed by atoms with Crippen LogP contribution < -0.4 is 16.4 Å². The molecular formula is C15H24ClN3O2. The fourth-order valence-corrected chi connectivity index (χ4v) is 1.79. The molecule has 5 nitrogen and oxygen atoms in total. The van der Waals surface area contributed by atoms with Gasteiger partial charge in [-0.05, 0) is 25.8 Å². The summed E-state index contributed by atoms with van der Waals surface area (Å²) in [6.45, 7) is 4.10. The lowest BCUT2D eigenvalue weighted by atomic mass is 10.1. The zero-order chi connectivity index (χ0) is 15.0. The predicted octanol–water partition coefficient (Wildman–Crippen LogP) is 1.01. The van der Waals surface area contributed by atoms with E-state index in [1.54, 1.807) is 0 Å². The zero-order valence-electron chi connectivity index (χ0n) is 12.5. The molecule has 21 heavy (non-hydrogen) atoms. The number of benzene rings is 1.